The Balaban J connectivity index is 1.35. The molecule has 0 radical (unpaired) electrons. The molecule has 0 fully saturated rings. The highest BCUT2D eigenvalue weighted by Gasteiger charge is 2.34. The molecule has 0 saturated heterocycles. The Bertz CT molecular complexity index is 1510. The molecular formula is C27H23N3O3S2. The molecule has 3 heterocycles. The summed E-state index contributed by atoms with van der Waals surface area (Å²) in [7, 11) is 0. The van der Waals surface area contributed by atoms with Crippen LogP contribution in [0.3, 0.4) is 0 Å². The molecule has 8 heteroatoms. The molecule has 1 unspecified atom stereocenters. The number of thioether (sulfide) groups is 1. The zero-order valence-corrected chi connectivity index (χ0v) is 20.8. The first-order valence-electron chi connectivity index (χ1n) is 11.7. The van der Waals surface area contributed by atoms with Crippen molar-refractivity contribution in [3.8, 4) is 5.69 Å². The summed E-state index contributed by atoms with van der Waals surface area (Å²) in [6.45, 7) is 2.50. The highest BCUT2D eigenvalue weighted by Crippen LogP contribution is 2.37. The van der Waals surface area contributed by atoms with Gasteiger partial charge in [-0.05, 0) is 55.0 Å². The number of rotatable bonds is 5. The molecule has 0 saturated carbocycles. The number of amides is 2. The predicted octanol–water partition coefficient (Wildman–Crippen LogP) is 4.96. The Labute approximate surface area is 210 Å². The first-order chi connectivity index (χ1) is 17.0. The van der Waals surface area contributed by atoms with Crippen molar-refractivity contribution < 1.29 is 9.59 Å². The molecule has 2 aliphatic rings. The molecule has 1 aliphatic heterocycles. The molecule has 0 spiro atoms. The number of aromatic nitrogens is 2. The number of imide groups is 1. The Hall–Kier alpha value is -3.23. The van der Waals surface area contributed by atoms with Crippen molar-refractivity contribution in [2.75, 3.05) is 12.3 Å². The lowest BCUT2D eigenvalue weighted by Gasteiger charge is -2.18. The van der Waals surface area contributed by atoms with Crippen LogP contribution in [0.2, 0.25) is 0 Å². The summed E-state index contributed by atoms with van der Waals surface area (Å²) in [5.41, 5.74) is 2.77. The number of para-hydroxylation sites is 1. The van der Waals surface area contributed by atoms with Crippen molar-refractivity contribution in [2.45, 2.75) is 31.3 Å². The third-order valence-electron chi connectivity index (χ3n) is 6.74. The molecule has 6 nitrogen and oxygen atoms in total. The third-order valence-corrected chi connectivity index (χ3v) is 8.80. The molecule has 6 rings (SSSR count). The van der Waals surface area contributed by atoms with Gasteiger partial charge in [-0.25, -0.2) is 4.98 Å². The van der Waals surface area contributed by atoms with E-state index in [0.29, 0.717) is 28.0 Å². The van der Waals surface area contributed by atoms with E-state index in [2.05, 4.69) is 6.92 Å². The van der Waals surface area contributed by atoms with Crippen LogP contribution in [0.1, 0.15) is 44.5 Å². The fourth-order valence-corrected chi connectivity index (χ4v) is 7.30. The lowest BCUT2D eigenvalue weighted by atomic mass is 9.89. The van der Waals surface area contributed by atoms with Gasteiger partial charge in [0.2, 0.25) is 0 Å². The Morgan fingerprint density at radius 3 is 2.40 bits per heavy atom. The number of thiophene rings is 1. The molecule has 0 bridgehead atoms. The van der Waals surface area contributed by atoms with Crippen molar-refractivity contribution in [3.63, 3.8) is 0 Å². The van der Waals surface area contributed by atoms with Crippen LogP contribution in [0, 0.1) is 5.92 Å². The zero-order chi connectivity index (χ0) is 24.1. The topological polar surface area (TPSA) is 72.3 Å². The van der Waals surface area contributed by atoms with Gasteiger partial charge in [0.05, 0.1) is 22.2 Å². The van der Waals surface area contributed by atoms with Gasteiger partial charge in [-0.3, -0.25) is 23.9 Å². The average molecular weight is 502 g/mol. The van der Waals surface area contributed by atoms with Gasteiger partial charge in [0, 0.05) is 17.2 Å². The van der Waals surface area contributed by atoms with Gasteiger partial charge in [-0.15, -0.1) is 11.3 Å². The number of hydrogen-bond acceptors (Lipinski definition) is 6. The molecule has 1 aliphatic carbocycles. The summed E-state index contributed by atoms with van der Waals surface area (Å²) in [5, 5.41) is 1.32. The second-order valence-corrected chi connectivity index (χ2v) is 11.2. The standard InChI is InChI=1S/C27H23N3O3S2/c1-16-11-12-20-21(15-16)35-23-22(20)26(33)30(17-7-3-2-4-8-17)27(28-23)34-14-13-29-24(31)18-9-5-6-10-19(18)25(29)32/h2-10,16H,11-15H2,1H3. The number of fused-ring (bicyclic) bond motifs is 4. The Morgan fingerprint density at radius 2 is 1.69 bits per heavy atom. The van der Waals surface area contributed by atoms with E-state index < -0.39 is 0 Å². The molecule has 2 amide bonds. The Morgan fingerprint density at radius 1 is 1.00 bits per heavy atom. The van der Waals surface area contributed by atoms with Crippen LogP contribution in [0.15, 0.2) is 64.5 Å². The maximum Gasteiger partial charge on any atom is 0.267 e. The van der Waals surface area contributed by atoms with Crippen molar-refractivity contribution in [3.05, 3.63) is 86.5 Å². The zero-order valence-electron chi connectivity index (χ0n) is 19.2. The molecule has 176 valence electrons. The number of carbonyl (C=O) groups is 2. The summed E-state index contributed by atoms with van der Waals surface area (Å²) in [6.07, 6.45) is 2.98. The first kappa shape index (κ1) is 22.2. The average Bonchev–Trinajstić information content (AvgIpc) is 3.34. The van der Waals surface area contributed by atoms with E-state index >= 15 is 0 Å². The van der Waals surface area contributed by atoms with Gasteiger partial charge in [0.1, 0.15) is 4.83 Å². The van der Waals surface area contributed by atoms with E-state index in [9.17, 15) is 14.4 Å². The minimum absolute atomic E-state index is 0.0449. The molecule has 4 aromatic rings. The van der Waals surface area contributed by atoms with Gasteiger partial charge in [0.15, 0.2) is 5.16 Å². The molecule has 0 N–H and O–H groups in total. The van der Waals surface area contributed by atoms with E-state index in [-0.39, 0.29) is 23.9 Å². The van der Waals surface area contributed by atoms with Crippen LogP contribution in [0.25, 0.3) is 15.9 Å². The van der Waals surface area contributed by atoms with Gasteiger partial charge in [-0.1, -0.05) is 49.0 Å². The smallest absolute Gasteiger partial charge is 0.267 e. The predicted molar refractivity (Wildman–Crippen MR) is 139 cm³/mol. The minimum Gasteiger partial charge on any atom is -0.273 e. The normalized spacial score (nSPS) is 17.2. The van der Waals surface area contributed by atoms with Gasteiger partial charge < -0.3 is 0 Å². The third kappa shape index (κ3) is 3.72. The van der Waals surface area contributed by atoms with Crippen LogP contribution in [-0.4, -0.2) is 38.6 Å². The first-order valence-corrected chi connectivity index (χ1v) is 13.5. The van der Waals surface area contributed by atoms with E-state index in [0.717, 1.165) is 40.7 Å². The Kier molecular flexibility index (Phi) is 5.57. The van der Waals surface area contributed by atoms with Crippen LogP contribution in [0.4, 0.5) is 0 Å². The SMILES string of the molecule is CC1CCc2c(sc3nc(SCCN4C(=O)c5ccccc5C4=O)n(-c4ccccc4)c(=O)c23)C1. The van der Waals surface area contributed by atoms with Gasteiger partial charge in [0.25, 0.3) is 17.4 Å². The monoisotopic (exact) mass is 501 g/mol. The lowest BCUT2D eigenvalue weighted by Crippen LogP contribution is -2.32. The molecule has 1 atom stereocenters. The number of hydrogen-bond donors (Lipinski definition) is 0. The molecular weight excluding hydrogens is 478 g/mol. The van der Waals surface area contributed by atoms with Crippen LogP contribution in [0.5, 0.6) is 0 Å². The van der Waals surface area contributed by atoms with Crippen LogP contribution >= 0.6 is 23.1 Å². The number of nitrogens with zero attached hydrogens (tertiary/aromatic N) is 3. The van der Waals surface area contributed by atoms with Gasteiger partial charge in [-0.2, -0.15) is 0 Å². The maximum atomic E-state index is 13.8. The summed E-state index contributed by atoms with van der Waals surface area (Å²) in [5.74, 6) is 0.517. The van der Waals surface area contributed by atoms with Crippen molar-refractivity contribution in [1.82, 2.24) is 14.5 Å². The van der Waals surface area contributed by atoms with Crippen LogP contribution < -0.4 is 5.56 Å². The molecule has 2 aromatic carbocycles. The molecule has 2 aromatic heterocycles. The second-order valence-electron chi connectivity index (χ2n) is 9.06. The second kappa shape index (κ2) is 8.77. The van der Waals surface area contributed by atoms with Crippen molar-refractivity contribution in [1.29, 1.82) is 0 Å². The van der Waals surface area contributed by atoms with Gasteiger partial charge >= 0.3 is 0 Å². The van der Waals surface area contributed by atoms with Crippen LogP contribution in [-0.2, 0) is 12.8 Å². The van der Waals surface area contributed by atoms with Crippen molar-refractivity contribution in [2.24, 2.45) is 5.92 Å². The number of carbonyl (C=O) groups excluding carboxylic acids is 2. The molecule has 35 heavy (non-hydrogen) atoms. The quantitative estimate of drug-likeness (QED) is 0.220. The van der Waals surface area contributed by atoms with E-state index in [1.807, 2.05) is 30.3 Å². The fourth-order valence-electron chi connectivity index (χ4n) is 4.94. The summed E-state index contributed by atoms with van der Waals surface area (Å²) < 4.78 is 1.68. The highest BCUT2D eigenvalue weighted by molar-refractivity contribution is 7.99. The minimum atomic E-state index is -0.268. The highest BCUT2D eigenvalue weighted by atomic mass is 32.2. The summed E-state index contributed by atoms with van der Waals surface area (Å²) in [4.78, 5) is 47.6. The van der Waals surface area contributed by atoms with E-state index in [4.69, 9.17) is 4.98 Å². The number of aryl methyl sites for hydroxylation is 1. The van der Waals surface area contributed by atoms with Crippen molar-refractivity contribution >= 4 is 45.1 Å². The lowest BCUT2D eigenvalue weighted by molar-refractivity contribution is 0.0664. The largest absolute Gasteiger partial charge is 0.273 e. The fraction of sp³-hybridized carbons (Fsp3) is 0.259. The maximum absolute atomic E-state index is 13.8. The van der Waals surface area contributed by atoms with E-state index in [1.165, 1.54) is 21.5 Å². The summed E-state index contributed by atoms with van der Waals surface area (Å²) >= 11 is 3.03. The van der Waals surface area contributed by atoms with E-state index in [1.54, 1.807) is 40.2 Å². The summed E-state index contributed by atoms with van der Waals surface area (Å²) in [6, 6.07) is 16.4. The number of benzene rings is 2.